The molecule has 0 unspecified atom stereocenters. The molecule has 3 rings (SSSR count). The van der Waals surface area contributed by atoms with E-state index in [0.29, 0.717) is 19.4 Å². The van der Waals surface area contributed by atoms with E-state index in [-0.39, 0.29) is 29.1 Å². The minimum Gasteiger partial charge on any atom is -0.464 e. The van der Waals surface area contributed by atoms with Crippen LogP contribution in [0.5, 0.6) is 0 Å². The van der Waals surface area contributed by atoms with Crippen molar-refractivity contribution in [2.24, 2.45) is 17.3 Å². The molecule has 1 N–H and O–H groups in total. The van der Waals surface area contributed by atoms with Gasteiger partial charge in [0.05, 0.1) is 12.5 Å². The van der Waals surface area contributed by atoms with Crippen LogP contribution in [0.3, 0.4) is 0 Å². The number of ether oxygens (including phenoxy) is 1. The van der Waals surface area contributed by atoms with E-state index in [0.717, 1.165) is 11.1 Å². The molecule has 0 bridgehead atoms. The summed E-state index contributed by atoms with van der Waals surface area (Å²) < 4.78 is 5.34. The largest absolute Gasteiger partial charge is 0.464 e. The van der Waals surface area contributed by atoms with Crippen molar-refractivity contribution in [2.45, 2.75) is 53.0 Å². The van der Waals surface area contributed by atoms with Crippen LogP contribution in [-0.4, -0.2) is 24.0 Å². The zero-order valence-electron chi connectivity index (χ0n) is 16.4. The Kier molecular flexibility index (Phi) is 4.72. The molecule has 2 atom stereocenters. The van der Waals surface area contributed by atoms with Gasteiger partial charge >= 0.3 is 5.97 Å². The summed E-state index contributed by atoms with van der Waals surface area (Å²) in [5, 5.41) is 3.10. The second-order valence-corrected chi connectivity index (χ2v) is 8.48. The lowest BCUT2D eigenvalue weighted by atomic mass is 9.94. The first-order chi connectivity index (χ1) is 12.2. The Bertz CT molecular complexity index is 733. The summed E-state index contributed by atoms with van der Waals surface area (Å²) in [7, 11) is 0. The number of allylic oxidation sites excluding steroid dienone is 2. The Labute approximate surface area is 156 Å². The first-order valence-corrected chi connectivity index (χ1v) is 9.42. The zero-order valence-corrected chi connectivity index (χ0v) is 16.4. The smallest absolute Gasteiger partial charge is 0.332 e. The van der Waals surface area contributed by atoms with E-state index in [1.54, 1.807) is 6.92 Å². The molecule has 1 aromatic rings. The first-order valence-electron chi connectivity index (χ1n) is 9.42. The van der Waals surface area contributed by atoms with Crippen LogP contribution in [-0.2, 0) is 27.2 Å². The average molecular weight is 355 g/mol. The fourth-order valence-electron chi connectivity index (χ4n) is 4.33. The van der Waals surface area contributed by atoms with Crippen LogP contribution < -0.4 is 5.32 Å². The Hall–Kier alpha value is -2.10. The molecule has 1 fully saturated rings. The van der Waals surface area contributed by atoms with E-state index in [9.17, 15) is 9.59 Å². The second-order valence-electron chi connectivity index (χ2n) is 8.48. The molecule has 0 radical (unpaired) electrons. The predicted octanol–water partition coefficient (Wildman–Crippen LogP) is 3.44. The number of hydrogen-bond donors (Lipinski definition) is 1. The van der Waals surface area contributed by atoms with Crippen molar-refractivity contribution < 1.29 is 14.3 Å². The van der Waals surface area contributed by atoms with Crippen LogP contribution in [0.4, 0.5) is 0 Å². The van der Waals surface area contributed by atoms with Gasteiger partial charge in [0, 0.05) is 12.8 Å². The Balaban J connectivity index is 1.83. The maximum atomic E-state index is 13.1. The number of benzene rings is 1. The maximum absolute atomic E-state index is 13.1. The van der Waals surface area contributed by atoms with E-state index in [2.05, 4.69) is 39.1 Å². The molecule has 140 valence electrons. The molecular formula is C22H29NO3. The van der Waals surface area contributed by atoms with Crippen LogP contribution in [0.2, 0.25) is 0 Å². The SMILES string of the molecule is CCOC(=O)C1(NC(=O)[C@@H]2[C@H](C=C(C)C)C2(C)C)Cc2ccccc2C1. The summed E-state index contributed by atoms with van der Waals surface area (Å²) in [4.78, 5) is 25.9. The summed E-state index contributed by atoms with van der Waals surface area (Å²) in [5.41, 5.74) is 2.37. The second kappa shape index (κ2) is 6.57. The molecule has 0 saturated heterocycles. The van der Waals surface area contributed by atoms with E-state index in [1.807, 2.05) is 24.3 Å². The van der Waals surface area contributed by atoms with Gasteiger partial charge in [-0.2, -0.15) is 0 Å². The summed E-state index contributed by atoms with van der Waals surface area (Å²) in [5.74, 6) is -0.261. The number of fused-ring (bicyclic) bond motifs is 1. The zero-order chi connectivity index (χ0) is 19.1. The number of rotatable bonds is 5. The molecule has 4 nitrogen and oxygen atoms in total. The van der Waals surface area contributed by atoms with Crippen molar-refractivity contribution in [2.75, 3.05) is 6.61 Å². The highest BCUT2D eigenvalue weighted by molar-refractivity contribution is 5.92. The summed E-state index contributed by atoms with van der Waals surface area (Å²) in [6, 6.07) is 7.98. The van der Waals surface area contributed by atoms with Crippen LogP contribution >= 0.6 is 0 Å². The van der Waals surface area contributed by atoms with Gasteiger partial charge in [-0.25, -0.2) is 4.79 Å². The van der Waals surface area contributed by atoms with E-state index in [4.69, 9.17) is 4.74 Å². The lowest BCUT2D eigenvalue weighted by Gasteiger charge is -2.28. The number of carbonyl (C=O) groups is 2. The quantitative estimate of drug-likeness (QED) is 0.650. The van der Waals surface area contributed by atoms with Gasteiger partial charge in [0.1, 0.15) is 5.54 Å². The minimum absolute atomic E-state index is 0.0432. The number of esters is 1. The first kappa shape index (κ1) is 18.7. The lowest BCUT2D eigenvalue weighted by Crippen LogP contribution is -2.57. The third kappa shape index (κ3) is 3.17. The van der Waals surface area contributed by atoms with Gasteiger partial charge in [0.25, 0.3) is 0 Å². The van der Waals surface area contributed by atoms with Crippen LogP contribution in [0.25, 0.3) is 0 Å². The van der Waals surface area contributed by atoms with Crippen LogP contribution in [0.15, 0.2) is 35.9 Å². The van der Waals surface area contributed by atoms with Crippen molar-refractivity contribution in [1.82, 2.24) is 5.32 Å². The van der Waals surface area contributed by atoms with Crippen molar-refractivity contribution in [3.05, 3.63) is 47.0 Å². The Morgan fingerprint density at radius 1 is 1.19 bits per heavy atom. The van der Waals surface area contributed by atoms with Crippen molar-refractivity contribution in [1.29, 1.82) is 0 Å². The molecular weight excluding hydrogens is 326 g/mol. The third-order valence-corrected chi connectivity index (χ3v) is 5.84. The normalized spacial score (nSPS) is 24.3. The molecule has 2 aliphatic carbocycles. The highest BCUT2D eigenvalue weighted by atomic mass is 16.5. The van der Waals surface area contributed by atoms with Gasteiger partial charge in [-0.1, -0.05) is 49.8 Å². The Morgan fingerprint density at radius 2 is 1.77 bits per heavy atom. The van der Waals surface area contributed by atoms with Gasteiger partial charge in [-0.15, -0.1) is 0 Å². The van der Waals surface area contributed by atoms with Gasteiger partial charge in [0.2, 0.25) is 5.91 Å². The molecule has 2 aliphatic rings. The fourth-order valence-corrected chi connectivity index (χ4v) is 4.33. The van der Waals surface area contributed by atoms with E-state index < -0.39 is 5.54 Å². The van der Waals surface area contributed by atoms with Gasteiger partial charge in [0.15, 0.2) is 0 Å². The van der Waals surface area contributed by atoms with Crippen LogP contribution in [0, 0.1) is 17.3 Å². The Morgan fingerprint density at radius 3 is 2.27 bits per heavy atom. The summed E-state index contributed by atoms with van der Waals surface area (Å²) in [6.07, 6.45) is 3.16. The molecule has 0 aromatic heterocycles. The number of nitrogens with one attached hydrogen (secondary N) is 1. The lowest BCUT2D eigenvalue weighted by molar-refractivity contribution is -0.153. The monoisotopic (exact) mass is 355 g/mol. The molecule has 0 aliphatic heterocycles. The topological polar surface area (TPSA) is 55.4 Å². The number of hydrogen-bond acceptors (Lipinski definition) is 3. The van der Waals surface area contributed by atoms with E-state index >= 15 is 0 Å². The molecule has 1 aromatic carbocycles. The molecule has 26 heavy (non-hydrogen) atoms. The standard InChI is InChI=1S/C22H29NO3/c1-6-26-20(25)22(12-15-9-7-8-10-16(15)13-22)23-19(24)18-17(11-14(2)3)21(18,4)5/h7-11,17-18H,6,12-13H2,1-5H3,(H,23,24)/t17-,18-/m0/s1. The molecule has 0 heterocycles. The minimum atomic E-state index is -0.981. The van der Waals surface area contributed by atoms with Gasteiger partial charge in [-0.3, -0.25) is 4.79 Å². The number of carbonyl (C=O) groups excluding carboxylic acids is 2. The maximum Gasteiger partial charge on any atom is 0.332 e. The molecule has 1 saturated carbocycles. The van der Waals surface area contributed by atoms with Crippen molar-refractivity contribution in [3.63, 3.8) is 0 Å². The van der Waals surface area contributed by atoms with Gasteiger partial charge in [-0.05, 0) is 43.2 Å². The van der Waals surface area contributed by atoms with Crippen LogP contribution in [0.1, 0.15) is 45.7 Å². The molecule has 4 heteroatoms. The van der Waals surface area contributed by atoms with E-state index in [1.165, 1.54) is 5.57 Å². The van der Waals surface area contributed by atoms with Crippen molar-refractivity contribution in [3.8, 4) is 0 Å². The summed E-state index contributed by atoms with van der Waals surface area (Å²) in [6.45, 7) is 10.4. The van der Waals surface area contributed by atoms with Crippen molar-refractivity contribution >= 4 is 11.9 Å². The number of amides is 1. The average Bonchev–Trinajstić information content (AvgIpc) is 2.91. The predicted molar refractivity (Wildman–Crippen MR) is 102 cm³/mol. The third-order valence-electron chi connectivity index (χ3n) is 5.84. The highest BCUT2D eigenvalue weighted by Gasteiger charge is 2.61. The summed E-state index contributed by atoms with van der Waals surface area (Å²) >= 11 is 0. The van der Waals surface area contributed by atoms with Gasteiger partial charge < -0.3 is 10.1 Å². The molecule has 0 spiro atoms. The molecule has 1 amide bonds. The highest BCUT2D eigenvalue weighted by Crippen LogP contribution is 2.59. The fraction of sp³-hybridized carbons (Fsp3) is 0.545.